The number of rotatable bonds is 9. The molecule has 1 unspecified atom stereocenters. The Kier molecular flexibility index (Phi) is 8.43. The van der Waals surface area contributed by atoms with Gasteiger partial charge in [-0.25, -0.2) is 0 Å². The highest BCUT2D eigenvalue weighted by Crippen LogP contribution is 2.24. The predicted octanol–water partition coefficient (Wildman–Crippen LogP) is 4.32. The average molecular weight is 362 g/mol. The summed E-state index contributed by atoms with van der Waals surface area (Å²) in [5.41, 5.74) is 1.36. The van der Waals surface area contributed by atoms with Crippen LogP contribution in [0.25, 0.3) is 0 Å². The topological polar surface area (TPSA) is 38.8 Å². The molecule has 4 nitrogen and oxygen atoms in total. The Bertz CT molecular complexity index is 533. The summed E-state index contributed by atoms with van der Waals surface area (Å²) in [7, 11) is 1.69. The zero-order chi connectivity index (χ0) is 18.9. The molecule has 26 heavy (non-hydrogen) atoms. The van der Waals surface area contributed by atoms with Gasteiger partial charge in [0.1, 0.15) is 11.9 Å². The number of benzene rings is 1. The second-order valence-electron chi connectivity index (χ2n) is 7.85. The molecule has 0 saturated carbocycles. The molecule has 0 radical (unpaired) electrons. The lowest BCUT2D eigenvalue weighted by Crippen LogP contribution is -2.44. The van der Waals surface area contributed by atoms with Crippen molar-refractivity contribution in [1.82, 2.24) is 4.90 Å². The summed E-state index contributed by atoms with van der Waals surface area (Å²) in [6.07, 6.45) is 5.17. The normalized spacial score (nSPS) is 16.7. The fourth-order valence-electron chi connectivity index (χ4n) is 3.41. The van der Waals surface area contributed by atoms with Crippen LogP contribution in [0.1, 0.15) is 52.0 Å². The molecule has 1 aliphatic heterocycles. The summed E-state index contributed by atoms with van der Waals surface area (Å²) in [5, 5.41) is 0. The van der Waals surface area contributed by atoms with E-state index in [2.05, 4.69) is 26.0 Å². The van der Waals surface area contributed by atoms with Crippen molar-refractivity contribution in [1.29, 1.82) is 0 Å². The zero-order valence-corrected chi connectivity index (χ0v) is 16.9. The molecule has 0 bridgehead atoms. The molecular formula is C22H35NO3. The second-order valence-corrected chi connectivity index (χ2v) is 7.85. The van der Waals surface area contributed by atoms with Crippen LogP contribution in [0.5, 0.6) is 5.75 Å². The molecule has 0 N–H and O–H groups in total. The molecule has 146 valence electrons. The number of methoxy groups -OCH3 is 1. The first-order valence-electron chi connectivity index (χ1n) is 10.0. The largest absolute Gasteiger partial charge is 0.497 e. The molecule has 1 fully saturated rings. The number of likely N-dealkylation sites (tertiary alicyclic amines) is 1. The quantitative estimate of drug-likeness (QED) is 0.657. The van der Waals surface area contributed by atoms with Gasteiger partial charge in [-0.2, -0.15) is 0 Å². The molecule has 1 aliphatic rings. The lowest BCUT2D eigenvalue weighted by molar-refractivity contribution is -0.144. The van der Waals surface area contributed by atoms with E-state index in [0.29, 0.717) is 18.4 Å². The molecular weight excluding hydrogens is 326 g/mol. The summed E-state index contributed by atoms with van der Waals surface area (Å²) < 4.78 is 10.9. The highest BCUT2D eigenvalue weighted by molar-refractivity contribution is 5.80. The van der Waals surface area contributed by atoms with E-state index in [4.69, 9.17) is 9.47 Å². The van der Waals surface area contributed by atoms with Crippen LogP contribution in [0.2, 0.25) is 0 Å². The number of ether oxygens (including phenoxy) is 2. The lowest BCUT2D eigenvalue weighted by atomic mass is 9.90. The van der Waals surface area contributed by atoms with Crippen LogP contribution in [0.15, 0.2) is 24.3 Å². The Morgan fingerprint density at radius 2 is 1.81 bits per heavy atom. The number of carbonyl (C=O) groups is 1. The maximum absolute atomic E-state index is 12.5. The van der Waals surface area contributed by atoms with Crippen LogP contribution in [0, 0.1) is 11.8 Å². The molecule has 0 spiro atoms. The fourth-order valence-corrected chi connectivity index (χ4v) is 3.41. The molecule has 0 aliphatic carbocycles. The molecule has 1 atom stereocenters. The maximum atomic E-state index is 12.5. The number of amides is 1. The number of aryl methyl sites for hydroxylation is 1. The van der Waals surface area contributed by atoms with Gasteiger partial charge in [-0.05, 0) is 68.6 Å². The number of carbonyl (C=O) groups excluding carboxylic acids is 1. The van der Waals surface area contributed by atoms with E-state index in [1.807, 2.05) is 24.0 Å². The van der Waals surface area contributed by atoms with Gasteiger partial charge in [0.25, 0.3) is 5.91 Å². The number of piperidine rings is 1. The molecule has 0 aromatic heterocycles. The van der Waals surface area contributed by atoms with Crippen LogP contribution < -0.4 is 4.74 Å². The number of nitrogens with zero attached hydrogens (tertiary/aromatic N) is 1. The van der Waals surface area contributed by atoms with Crippen LogP contribution in [-0.4, -0.2) is 43.7 Å². The van der Waals surface area contributed by atoms with E-state index in [-0.39, 0.29) is 12.0 Å². The van der Waals surface area contributed by atoms with Crippen molar-refractivity contribution < 1.29 is 14.3 Å². The Morgan fingerprint density at radius 3 is 2.38 bits per heavy atom. The van der Waals surface area contributed by atoms with Crippen LogP contribution in [0.3, 0.4) is 0 Å². The van der Waals surface area contributed by atoms with Gasteiger partial charge in [0.15, 0.2) is 0 Å². The van der Waals surface area contributed by atoms with Crippen molar-refractivity contribution in [3.05, 3.63) is 29.8 Å². The third kappa shape index (κ3) is 6.64. The van der Waals surface area contributed by atoms with Gasteiger partial charge in [0, 0.05) is 19.7 Å². The van der Waals surface area contributed by atoms with Gasteiger partial charge < -0.3 is 14.4 Å². The molecule has 1 amide bonds. The van der Waals surface area contributed by atoms with E-state index < -0.39 is 0 Å². The highest BCUT2D eigenvalue weighted by atomic mass is 16.5. The van der Waals surface area contributed by atoms with Crippen LogP contribution >= 0.6 is 0 Å². The van der Waals surface area contributed by atoms with Gasteiger partial charge in [-0.15, -0.1) is 0 Å². The summed E-state index contributed by atoms with van der Waals surface area (Å²) in [4.78, 5) is 14.5. The average Bonchev–Trinajstić information content (AvgIpc) is 2.66. The fraction of sp³-hybridized carbons (Fsp3) is 0.682. The van der Waals surface area contributed by atoms with Crippen LogP contribution in [0.4, 0.5) is 0 Å². The standard InChI is InChI=1S/C22H35NO3/c1-17(2)13-16-26-18(3)22(24)23-14-11-20(12-15-23)6-5-19-7-9-21(25-4)10-8-19/h7-10,17-18,20H,5-6,11-16H2,1-4H3. The molecule has 1 aromatic rings. The van der Waals surface area contributed by atoms with Crippen molar-refractivity contribution in [2.75, 3.05) is 26.8 Å². The van der Waals surface area contributed by atoms with Crippen molar-refractivity contribution >= 4 is 5.91 Å². The van der Waals surface area contributed by atoms with Gasteiger partial charge >= 0.3 is 0 Å². The SMILES string of the molecule is COc1ccc(CCC2CCN(C(=O)C(C)OCCC(C)C)CC2)cc1. The Labute approximate surface area is 158 Å². The first-order valence-corrected chi connectivity index (χ1v) is 10.0. The summed E-state index contributed by atoms with van der Waals surface area (Å²) in [5.74, 6) is 2.38. The van der Waals surface area contributed by atoms with E-state index in [0.717, 1.165) is 44.5 Å². The van der Waals surface area contributed by atoms with Gasteiger partial charge in [-0.3, -0.25) is 4.79 Å². The summed E-state index contributed by atoms with van der Waals surface area (Å²) >= 11 is 0. The van der Waals surface area contributed by atoms with Gasteiger partial charge in [0.05, 0.1) is 7.11 Å². The minimum Gasteiger partial charge on any atom is -0.497 e. The van der Waals surface area contributed by atoms with Crippen molar-refractivity contribution in [2.24, 2.45) is 11.8 Å². The van der Waals surface area contributed by atoms with Gasteiger partial charge in [-0.1, -0.05) is 26.0 Å². The van der Waals surface area contributed by atoms with Crippen molar-refractivity contribution in [3.63, 3.8) is 0 Å². The van der Waals surface area contributed by atoms with Crippen molar-refractivity contribution in [3.8, 4) is 5.75 Å². The highest BCUT2D eigenvalue weighted by Gasteiger charge is 2.26. The van der Waals surface area contributed by atoms with E-state index in [1.54, 1.807) is 7.11 Å². The summed E-state index contributed by atoms with van der Waals surface area (Å²) in [6.45, 7) is 8.63. The first-order chi connectivity index (χ1) is 12.5. The summed E-state index contributed by atoms with van der Waals surface area (Å²) in [6, 6.07) is 8.34. The van der Waals surface area contributed by atoms with E-state index >= 15 is 0 Å². The molecule has 1 heterocycles. The molecule has 1 saturated heterocycles. The van der Waals surface area contributed by atoms with E-state index in [1.165, 1.54) is 12.0 Å². The Morgan fingerprint density at radius 1 is 1.15 bits per heavy atom. The minimum absolute atomic E-state index is 0.155. The molecule has 1 aromatic carbocycles. The van der Waals surface area contributed by atoms with Gasteiger partial charge in [0.2, 0.25) is 0 Å². The second kappa shape index (κ2) is 10.6. The minimum atomic E-state index is -0.315. The maximum Gasteiger partial charge on any atom is 0.251 e. The zero-order valence-electron chi connectivity index (χ0n) is 16.9. The molecule has 2 rings (SSSR count). The first kappa shape index (κ1) is 20.8. The third-order valence-electron chi connectivity index (χ3n) is 5.34. The van der Waals surface area contributed by atoms with Crippen molar-refractivity contribution in [2.45, 2.75) is 59.0 Å². The Hall–Kier alpha value is -1.55. The monoisotopic (exact) mass is 361 g/mol. The third-order valence-corrected chi connectivity index (χ3v) is 5.34. The number of hydrogen-bond acceptors (Lipinski definition) is 3. The van der Waals surface area contributed by atoms with E-state index in [9.17, 15) is 4.79 Å². The smallest absolute Gasteiger partial charge is 0.251 e. The predicted molar refractivity (Wildman–Crippen MR) is 105 cm³/mol. The van der Waals surface area contributed by atoms with Crippen LogP contribution in [-0.2, 0) is 16.0 Å². The number of hydrogen-bond donors (Lipinski definition) is 0. The Balaban J connectivity index is 1.68. The molecule has 4 heteroatoms. The lowest BCUT2D eigenvalue weighted by Gasteiger charge is -2.33.